The Bertz CT molecular complexity index is 2060. The number of anilines is 1. The van der Waals surface area contributed by atoms with Gasteiger partial charge in [-0.2, -0.15) is 0 Å². The molecule has 4 saturated heterocycles. The van der Waals surface area contributed by atoms with Crippen LogP contribution in [-0.2, 0) is 39.6 Å². The molecule has 6 rings (SSSR count). The Morgan fingerprint density at radius 3 is 2.24 bits per heavy atom. The van der Waals surface area contributed by atoms with Crippen LogP contribution in [0.25, 0.3) is 0 Å². The normalized spacial score (nSPS) is 40.5. The summed E-state index contributed by atoms with van der Waals surface area (Å²) in [6.45, 7) is 21.2. The maximum absolute atomic E-state index is 14.6. The number of likely N-dealkylation sites (N-methyl/N-ethyl adjacent to an activating group) is 2. The van der Waals surface area contributed by atoms with E-state index in [-0.39, 0.29) is 37.9 Å². The summed E-state index contributed by atoms with van der Waals surface area (Å²) in [7, 11) is 5.27. The van der Waals surface area contributed by atoms with Gasteiger partial charge in [0.2, 0.25) is 0 Å². The lowest BCUT2D eigenvalue weighted by Gasteiger charge is -2.51. The summed E-state index contributed by atoms with van der Waals surface area (Å²) in [6, 6.07) is 5.82. The van der Waals surface area contributed by atoms with E-state index < -0.39 is 114 Å². The first kappa shape index (κ1) is 60.3. The van der Waals surface area contributed by atoms with E-state index in [1.807, 2.05) is 68.9 Å². The lowest BCUT2D eigenvalue weighted by molar-refractivity contribution is -0.302. The summed E-state index contributed by atoms with van der Waals surface area (Å²) < 4.78 is 39.2. The smallest absolute Gasteiger partial charge is 0.309 e. The largest absolute Gasteiger partial charge is 0.459 e. The topological polar surface area (TPSA) is 254 Å². The molecule has 74 heavy (non-hydrogen) atoms. The number of hydrogen-bond acceptors (Lipinski definition) is 19. The number of nitrogens with zero attached hydrogens (tertiary/aromatic N) is 6. The van der Waals surface area contributed by atoms with Crippen LogP contribution in [0.4, 0.5) is 5.69 Å². The first-order chi connectivity index (χ1) is 34.8. The fourth-order valence-corrected chi connectivity index (χ4v) is 12.5. The zero-order chi connectivity index (χ0) is 54.6. The van der Waals surface area contributed by atoms with Gasteiger partial charge < -0.3 is 78.9 Å². The number of carbonyl (C=O) groups is 1. The quantitative estimate of drug-likeness (QED) is 0.134. The van der Waals surface area contributed by atoms with Gasteiger partial charge in [0.1, 0.15) is 42.2 Å². The fraction of sp³-hybridized carbons (Fsp3) is 0.833. The highest BCUT2D eigenvalue weighted by Gasteiger charge is 2.55. The van der Waals surface area contributed by atoms with Crippen LogP contribution < -0.4 is 4.90 Å². The van der Waals surface area contributed by atoms with E-state index in [0.717, 1.165) is 18.8 Å². The Morgan fingerprint density at radius 2 is 1.62 bits per heavy atom. The van der Waals surface area contributed by atoms with Gasteiger partial charge in [0.15, 0.2) is 6.29 Å². The summed E-state index contributed by atoms with van der Waals surface area (Å²) in [5, 5.41) is 90.8. The molecule has 1 unspecified atom stereocenters. The average Bonchev–Trinajstić information content (AvgIpc) is 3.84. The van der Waals surface area contributed by atoms with Crippen molar-refractivity contribution in [3.05, 3.63) is 41.7 Å². The van der Waals surface area contributed by atoms with E-state index in [4.69, 9.17) is 28.4 Å². The Kier molecular flexibility index (Phi) is 20.6. The number of rotatable bonds is 14. The summed E-state index contributed by atoms with van der Waals surface area (Å²) in [5.74, 6) is -3.24. The number of aromatic nitrogens is 3. The van der Waals surface area contributed by atoms with Gasteiger partial charge in [0.25, 0.3) is 0 Å². The van der Waals surface area contributed by atoms with Crippen molar-refractivity contribution in [1.82, 2.24) is 24.8 Å². The lowest BCUT2D eigenvalue weighted by Crippen LogP contribution is -2.62. The van der Waals surface area contributed by atoms with E-state index in [0.29, 0.717) is 50.4 Å². The van der Waals surface area contributed by atoms with Gasteiger partial charge in [-0.1, -0.05) is 45.0 Å². The van der Waals surface area contributed by atoms with Crippen molar-refractivity contribution in [3.8, 4) is 0 Å². The molecule has 4 aliphatic rings. The SMILES string of the molecule is CC[C@H]1OC(=O)[C@H](C)[C@@H](C2C[C@@](C)(OC)[C@@H](O)[C@H](C)O2)[C@H](C)[C@@H](O[C@@H]2O[C@H](C)C[C@H](N(C)CCc3cn([C@H](CO)[C@H](O)c4ccc(N5CCOCC5)cc4)nn3)[C@H]2O)[C@](C)(O)C[C@@H](C)CN(C)[C@H](C)[C@@H](O)[C@]1(C)O. The van der Waals surface area contributed by atoms with Gasteiger partial charge in [-0.25, -0.2) is 4.68 Å². The van der Waals surface area contributed by atoms with Crippen molar-refractivity contribution in [1.29, 1.82) is 0 Å². The van der Waals surface area contributed by atoms with E-state index in [9.17, 15) is 40.5 Å². The highest BCUT2D eigenvalue weighted by molar-refractivity contribution is 5.73. The van der Waals surface area contributed by atoms with Crippen molar-refractivity contribution in [2.75, 3.05) is 72.1 Å². The molecule has 1 aromatic heterocycles. The number of ether oxygens (including phenoxy) is 6. The number of methoxy groups -OCH3 is 1. The molecule has 422 valence electrons. The predicted molar refractivity (Wildman–Crippen MR) is 276 cm³/mol. The second-order valence-electron chi connectivity index (χ2n) is 23.1. The van der Waals surface area contributed by atoms with Gasteiger partial charge in [-0.05, 0) is 104 Å². The van der Waals surface area contributed by atoms with E-state index in [2.05, 4.69) is 15.2 Å². The molecule has 0 aliphatic carbocycles. The van der Waals surface area contributed by atoms with E-state index in [1.165, 1.54) is 18.7 Å². The molecule has 4 fully saturated rings. The van der Waals surface area contributed by atoms with Crippen LogP contribution in [0.5, 0.6) is 0 Å². The molecule has 20 atom stereocenters. The number of morpholine rings is 1. The molecule has 0 bridgehead atoms. The molecule has 0 amide bonds. The molecule has 0 saturated carbocycles. The fourth-order valence-electron chi connectivity index (χ4n) is 12.5. The highest BCUT2D eigenvalue weighted by Crippen LogP contribution is 2.45. The Balaban J connectivity index is 1.25. The zero-order valence-corrected chi connectivity index (χ0v) is 46.4. The molecule has 0 radical (unpaired) electrons. The minimum atomic E-state index is -1.83. The molecule has 20 nitrogen and oxygen atoms in total. The number of cyclic esters (lactones) is 1. The van der Waals surface area contributed by atoms with E-state index in [1.54, 1.807) is 47.7 Å². The van der Waals surface area contributed by atoms with Gasteiger partial charge in [-0.3, -0.25) is 4.79 Å². The van der Waals surface area contributed by atoms with Crippen molar-refractivity contribution >= 4 is 11.7 Å². The van der Waals surface area contributed by atoms with Crippen molar-refractivity contribution < 1.29 is 69.0 Å². The van der Waals surface area contributed by atoms with Crippen molar-refractivity contribution in [2.24, 2.45) is 23.7 Å². The third kappa shape index (κ3) is 13.5. The van der Waals surface area contributed by atoms with Crippen molar-refractivity contribution in [2.45, 2.75) is 197 Å². The third-order valence-corrected chi connectivity index (χ3v) is 17.2. The number of carbonyl (C=O) groups excluding carboxylic acids is 1. The second-order valence-corrected chi connectivity index (χ2v) is 23.1. The molecule has 7 N–H and O–H groups in total. The monoisotopic (exact) mass is 1050 g/mol. The number of hydrogen-bond donors (Lipinski definition) is 7. The summed E-state index contributed by atoms with van der Waals surface area (Å²) >= 11 is 0. The number of aliphatic hydroxyl groups excluding tert-OH is 5. The minimum absolute atomic E-state index is 0.174. The Hall–Kier alpha value is -2.93. The van der Waals surface area contributed by atoms with Crippen molar-refractivity contribution in [3.63, 3.8) is 0 Å². The molecule has 4 aliphatic heterocycles. The molecular weight excluding hydrogens is 957 g/mol. The van der Waals surface area contributed by atoms with Crippen LogP contribution >= 0.6 is 0 Å². The van der Waals surface area contributed by atoms with Gasteiger partial charge >= 0.3 is 5.97 Å². The molecule has 20 heteroatoms. The molecule has 5 heterocycles. The van der Waals surface area contributed by atoms with Gasteiger partial charge in [-0.15, -0.1) is 5.10 Å². The van der Waals surface area contributed by atoms with Gasteiger partial charge in [0.05, 0.1) is 67.1 Å². The van der Waals surface area contributed by atoms with Crippen LogP contribution in [0.2, 0.25) is 0 Å². The van der Waals surface area contributed by atoms with Crippen LogP contribution in [0.1, 0.15) is 118 Å². The maximum atomic E-state index is 14.6. The van der Waals surface area contributed by atoms with Crippen LogP contribution in [0.3, 0.4) is 0 Å². The number of benzene rings is 1. The van der Waals surface area contributed by atoms with Gasteiger partial charge in [0, 0.05) is 76.0 Å². The number of esters is 1. The third-order valence-electron chi connectivity index (χ3n) is 17.2. The first-order valence-electron chi connectivity index (χ1n) is 27.0. The summed E-state index contributed by atoms with van der Waals surface area (Å²) in [5.41, 5.74) is -2.21. The minimum Gasteiger partial charge on any atom is -0.459 e. The molecule has 1 aromatic carbocycles. The lowest BCUT2D eigenvalue weighted by atomic mass is 9.68. The highest BCUT2D eigenvalue weighted by atomic mass is 16.7. The van der Waals surface area contributed by atoms with Crippen LogP contribution in [-0.4, -0.2) is 218 Å². The summed E-state index contributed by atoms with van der Waals surface area (Å²) in [4.78, 5) is 20.8. The molecular formula is C54H92N6O14. The number of aliphatic hydroxyl groups is 7. The predicted octanol–water partition coefficient (Wildman–Crippen LogP) is 2.48. The Labute approximate surface area is 439 Å². The standard InChI is InChI=1S/C54H92N6O14/c1-14-43-54(10,68)47(64)35(6)58(12)28-31(2)26-52(8,67)49(33(4)44(34(5)50(66)73-43)42-27-53(9,69-13)48(65)36(7)72-42)74-51-46(63)40(25-32(3)71-51)57(11)20-19-38-29-60(56-55-38)41(30-61)45(62)37-15-17-39(18-16-37)59-21-23-70-24-22-59/h15-18,29,31-36,40-49,51,61-65,67-68H,14,19-28,30H2,1-13H3/t31-,32-,33+,34-,35-,36+,40+,41-,42?,43-,44+,45-,46-,47-,48+,49-,51+,52-,53-,54-/m1/s1. The molecule has 2 aromatic rings. The van der Waals surface area contributed by atoms with Crippen LogP contribution in [0, 0.1) is 23.7 Å². The second kappa shape index (κ2) is 25.2. The molecule has 0 spiro atoms. The zero-order valence-electron chi connectivity index (χ0n) is 46.4. The van der Waals surface area contributed by atoms with Crippen LogP contribution in [0.15, 0.2) is 30.5 Å². The Morgan fingerprint density at radius 1 is 0.959 bits per heavy atom. The average molecular weight is 1050 g/mol. The summed E-state index contributed by atoms with van der Waals surface area (Å²) in [6.07, 6.45) is -6.59. The maximum Gasteiger partial charge on any atom is 0.309 e. The van der Waals surface area contributed by atoms with E-state index >= 15 is 0 Å². The first-order valence-corrected chi connectivity index (χ1v) is 27.0.